The Bertz CT molecular complexity index is 188. The molecule has 0 radical (unpaired) electrons. The maximum atomic E-state index is 2.12. The highest BCUT2D eigenvalue weighted by molar-refractivity contribution is 4.99. The van der Waals surface area contributed by atoms with Crippen LogP contribution in [-0.2, 0) is 0 Å². The maximum Gasteiger partial charge on any atom is -0.0590 e. The summed E-state index contributed by atoms with van der Waals surface area (Å²) in [5.74, 6) is 0. The molecule has 0 spiro atoms. The summed E-state index contributed by atoms with van der Waals surface area (Å²) >= 11 is 0. The maximum absolute atomic E-state index is 2.12. The molecule has 0 saturated carbocycles. The zero-order chi connectivity index (χ0) is 23.2. The first-order chi connectivity index (χ1) is 13.4. The van der Waals surface area contributed by atoms with Gasteiger partial charge in [-0.1, -0.05) is 176 Å². The Morgan fingerprint density at radius 1 is 0.259 bits per heavy atom. The zero-order valence-electron chi connectivity index (χ0n) is 21.6. The molecule has 0 heteroatoms. The Morgan fingerprint density at radius 2 is 0.296 bits per heavy atom. The number of rotatable bonds is 0. The molecule has 2 rings (SSSR count). The Balaban J connectivity index is -0.0000000358. The van der Waals surface area contributed by atoms with Gasteiger partial charge in [-0.25, -0.2) is 0 Å². The Labute approximate surface area is 176 Å². The van der Waals surface area contributed by atoms with Gasteiger partial charge in [-0.2, -0.15) is 0 Å². The molecule has 0 bridgehead atoms. The fraction of sp³-hybridized carbons (Fsp3) is 0.556. The molecule has 0 saturated heterocycles. The van der Waals surface area contributed by atoms with E-state index in [1.54, 1.807) is 0 Å². The van der Waals surface area contributed by atoms with Crippen LogP contribution in [-0.4, -0.2) is 0 Å². The smallest absolute Gasteiger partial charge is 0.0590 e. The normalized spacial score (nSPS) is 5.56. The lowest BCUT2D eigenvalue weighted by Crippen LogP contribution is -1.47. The van der Waals surface area contributed by atoms with Crippen LogP contribution < -0.4 is 0 Å². The lowest BCUT2D eigenvalue weighted by Gasteiger charge is -1.69. The molecule has 0 nitrogen and oxygen atoms in total. The van der Waals surface area contributed by atoms with Gasteiger partial charge < -0.3 is 0 Å². The molecule has 0 aliphatic rings. The fourth-order valence-electron chi connectivity index (χ4n) is 0.770. The Kier molecular flexibility index (Phi) is 170. The second-order valence-electron chi connectivity index (χ2n) is 3.02. The van der Waals surface area contributed by atoms with Gasteiger partial charge in [0.05, 0.1) is 0 Å². The van der Waals surface area contributed by atoms with Gasteiger partial charge in [0.1, 0.15) is 0 Å². The van der Waals surface area contributed by atoms with E-state index in [1.165, 1.54) is 6.42 Å². The molecule has 0 fully saturated rings. The van der Waals surface area contributed by atoms with Crippen molar-refractivity contribution in [3.63, 3.8) is 0 Å². The average molecular weight is 381 g/mol. The lowest BCUT2D eigenvalue weighted by molar-refractivity contribution is 1.09. The Morgan fingerprint density at radius 3 is 0.333 bits per heavy atom. The van der Waals surface area contributed by atoms with Crippen molar-refractivity contribution in [2.24, 2.45) is 0 Å². The van der Waals surface area contributed by atoms with Crippen molar-refractivity contribution in [2.45, 2.75) is 103 Å². The standard InChI is InChI=1S/2C6H6.C3H8.6C2H6/c2*1-2-4-6-5-3-1;1-3-2;6*1-2/h2*1-6H;3H2,1-2H3;6*1-2H3. The summed E-state index contributed by atoms with van der Waals surface area (Å²) in [6.07, 6.45) is 1.25. The van der Waals surface area contributed by atoms with Crippen molar-refractivity contribution < 1.29 is 0 Å². The van der Waals surface area contributed by atoms with Crippen LogP contribution in [0.2, 0.25) is 0 Å². The van der Waals surface area contributed by atoms with Gasteiger partial charge >= 0.3 is 0 Å². The monoisotopic (exact) mass is 380 g/mol. The van der Waals surface area contributed by atoms with Gasteiger partial charge in [-0.15, -0.1) is 0 Å². The van der Waals surface area contributed by atoms with E-state index in [0.29, 0.717) is 0 Å². The summed E-state index contributed by atoms with van der Waals surface area (Å²) in [6.45, 7) is 28.2. The molecule has 27 heavy (non-hydrogen) atoms. The molecular weight excluding hydrogens is 324 g/mol. The SMILES string of the molecule is CC.CC.CC.CC.CC.CC.CCC.c1ccccc1.c1ccccc1. The second-order valence-corrected chi connectivity index (χ2v) is 3.02. The lowest BCUT2D eigenvalue weighted by atomic mass is 10.4. The molecule has 2 aromatic rings. The number of hydrogen-bond acceptors (Lipinski definition) is 0. The fourth-order valence-corrected chi connectivity index (χ4v) is 0.770. The molecule has 0 N–H and O–H groups in total. The minimum absolute atomic E-state index is 1.25. The topological polar surface area (TPSA) is 0 Å². The van der Waals surface area contributed by atoms with Crippen LogP contribution in [0.25, 0.3) is 0 Å². The van der Waals surface area contributed by atoms with Crippen LogP contribution in [0.3, 0.4) is 0 Å². The highest BCUT2D eigenvalue weighted by Gasteiger charge is 1.58. The predicted octanol–water partition coefficient (Wildman–Crippen LogP) is 10.9. The quantitative estimate of drug-likeness (QED) is 0.426. The summed E-state index contributed by atoms with van der Waals surface area (Å²) < 4.78 is 0. The first-order valence-corrected chi connectivity index (χ1v) is 11.4. The largest absolute Gasteiger partial charge is 0.0683 e. The van der Waals surface area contributed by atoms with Gasteiger partial charge in [-0.05, 0) is 0 Å². The van der Waals surface area contributed by atoms with Crippen LogP contribution in [0.4, 0.5) is 0 Å². The second kappa shape index (κ2) is 103. The molecule has 2 aromatic carbocycles. The first kappa shape index (κ1) is 44.7. The number of benzene rings is 2. The van der Waals surface area contributed by atoms with Crippen LogP contribution >= 0.6 is 0 Å². The summed E-state index contributed by atoms with van der Waals surface area (Å²) in [4.78, 5) is 0. The van der Waals surface area contributed by atoms with E-state index in [4.69, 9.17) is 0 Å². The van der Waals surface area contributed by atoms with E-state index < -0.39 is 0 Å². The third kappa shape index (κ3) is 113. The van der Waals surface area contributed by atoms with Gasteiger partial charge in [0.25, 0.3) is 0 Å². The van der Waals surface area contributed by atoms with Crippen molar-refractivity contribution in [2.75, 3.05) is 0 Å². The third-order valence-electron chi connectivity index (χ3n) is 1.33. The highest BCUT2D eigenvalue weighted by atomic mass is 13.7. The summed E-state index contributed by atoms with van der Waals surface area (Å²) in [6, 6.07) is 24.0. The van der Waals surface area contributed by atoms with Crippen molar-refractivity contribution >= 4 is 0 Å². The first-order valence-electron chi connectivity index (χ1n) is 11.4. The third-order valence-corrected chi connectivity index (χ3v) is 1.33. The summed E-state index contributed by atoms with van der Waals surface area (Å²) in [7, 11) is 0. The molecule has 0 aliphatic carbocycles. The number of hydrogen-bond donors (Lipinski definition) is 0. The predicted molar refractivity (Wildman–Crippen MR) is 137 cm³/mol. The average Bonchev–Trinajstić information content (AvgIpc) is 2.85. The molecular formula is C27H56. The minimum atomic E-state index is 1.25. The van der Waals surface area contributed by atoms with Crippen LogP contribution in [0.15, 0.2) is 72.8 Å². The molecule has 0 unspecified atom stereocenters. The zero-order valence-corrected chi connectivity index (χ0v) is 21.6. The highest BCUT2D eigenvalue weighted by Crippen LogP contribution is 1.80. The molecule has 164 valence electrons. The summed E-state index contributed by atoms with van der Waals surface area (Å²) in [5, 5.41) is 0. The Hall–Kier alpha value is -1.56. The van der Waals surface area contributed by atoms with E-state index in [2.05, 4.69) is 13.8 Å². The molecule has 0 atom stereocenters. The van der Waals surface area contributed by atoms with Crippen LogP contribution in [0.1, 0.15) is 103 Å². The molecule has 0 aliphatic heterocycles. The van der Waals surface area contributed by atoms with E-state index in [-0.39, 0.29) is 0 Å². The van der Waals surface area contributed by atoms with E-state index in [1.807, 2.05) is 156 Å². The van der Waals surface area contributed by atoms with E-state index >= 15 is 0 Å². The van der Waals surface area contributed by atoms with Gasteiger partial charge in [0, 0.05) is 0 Å². The van der Waals surface area contributed by atoms with E-state index in [9.17, 15) is 0 Å². The summed E-state index contributed by atoms with van der Waals surface area (Å²) in [5.41, 5.74) is 0. The van der Waals surface area contributed by atoms with Crippen LogP contribution in [0, 0.1) is 0 Å². The molecule has 0 heterocycles. The van der Waals surface area contributed by atoms with Gasteiger partial charge in [-0.3, -0.25) is 0 Å². The van der Waals surface area contributed by atoms with Crippen molar-refractivity contribution in [1.29, 1.82) is 0 Å². The molecule has 0 aromatic heterocycles. The van der Waals surface area contributed by atoms with Crippen molar-refractivity contribution in [3.8, 4) is 0 Å². The van der Waals surface area contributed by atoms with Crippen LogP contribution in [0.5, 0.6) is 0 Å². The van der Waals surface area contributed by atoms with Gasteiger partial charge in [0.2, 0.25) is 0 Å². The van der Waals surface area contributed by atoms with Gasteiger partial charge in [0.15, 0.2) is 0 Å². The van der Waals surface area contributed by atoms with Crippen molar-refractivity contribution in [3.05, 3.63) is 72.8 Å². The van der Waals surface area contributed by atoms with Crippen molar-refractivity contribution in [1.82, 2.24) is 0 Å². The minimum Gasteiger partial charge on any atom is -0.0683 e. The molecule has 0 amide bonds. The van der Waals surface area contributed by atoms with E-state index in [0.717, 1.165) is 0 Å².